The molecule has 0 saturated heterocycles. The van der Waals surface area contributed by atoms with Crippen molar-refractivity contribution in [2.45, 2.75) is 6.10 Å². The number of ether oxygens (including phenoxy) is 2. The fourth-order valence-electron chi connectivity index (χ4n) is 1.89. The van der Waals surface area contributed by atoms with E-state index in [9.17, 15) is 19.6 Å². The van der Waals surface area contributed by atoms with Crippen molar-refractivity contribution in [2.24, 2.45) is 0 Å². The van der Waals surface area contributed by atoms with Crippen molar-refractivity contribution in [3.05, 3.63) is 64.0 Å². The Labute approximate surface area is 125 Å². The molecule has 6 nitrogen and oxygen atoms in total. The van der Waals surface area contributed by atoms with Gasteiger partial charge >= 0.3 is 5.69 Å². The van der Waals surface area contributed by atoms with Gasteiger partial charge in [0.1, 0.15) is 24.3 Å². The van der Waals surface area contributed by atoms with E-state index in [1.807, 2.05) is 0 Å². The topological polar surface area (TPSA) is 81.8 Å². The van der Waals surface area contributed by atoms with Crippen LogP contribution in [0.5, 0.6) is 11.5 Å². The van der Waals surface area contributed by atoms with Gasteiger partial charge in [0.05, 0.1) is 18.1 Å². The molecule has 0 radical (unpaired) electrons. The molecule has 0 heterocycles. The molecule has 116 valence electrons. The summed E-state index contributed by atoms with van der Waals surface area (Å²) < 4.78 is 23.7. The average Bonchev–Trinajstić information content (AvgIpc) is 2.52. The predicted molar refractivity (Wildman–Crippen MR) is 76.5 cm³/mol. The van der Waals surface area contributed by atoms with Gasteiger partial charge in [0.2, 0.25) is 0 Å². The van der Waals surface area contributed by atoms with Crippen LogP contribution in [0.3, 0.4) is 0 Å². The molecule has 22 heavy (non-hydrogen) atoms. The largest absolute Gasteiger partial charge is 0.496 e. The second kappa shape index (κ2) is 6.86. The zero-order valence-electron chi connectivity index (χ0n) is 11.7. The molecule has 0 amide bonds. The number of nitro benzene ring substituents is 1. The average molecular weight is 307 g/mol. The highest BCUT2D eigenvalue weighted by Crippen LogP contribution is 2.31. The maximum atomic E-state index is 13.5. The first-order chi connectivity index (χ1) is 10.5. The monoisotopic (exact) mass is 307 g/mol. The van der Waals surface area contributed by atoms with Gasteiger partial charge in [-0.3, -0.25) is 10.1 Å². The van der Waals surface area contributed by atoms with Gasteiger partial charge in [-0.1, -0.05) is 18.2 Å². The summed E-state index contributed by atoms with van der Waals surface area (Å²) >= 11 is 0. The zero-order valence-corrected chi connectivity index (χ0v) is 11.7. The minimum atomic E-state index is -1.23. The second-order valence-electron chi connectivity index (χ2n) is 4.44. The van der Waals surface area contributed by atoms with Gasteiger partial charge in [-0.25, -0.2) is 4.39 Å². The van der Waals surface area contributed by atoms with Crippen molar-refractivity contribution in [3.63, 3.8) is 0 Å². The lowest BCUT2D eigenvalue weighted by molar-refractivity contribution is -0.386. The first-order valence-corrected chi connectivity index (χ1v) is 6.40. The molecule has 1 N–H and O–H groups in total. The fourth-order valence-corrected chi connectivity index (χ4v) is 1.89. The molecule has 0 aliphatic heterocycles. The summed E-state index contributed by atoms with van der Waals surface area (Å²) in [6.07, 6.45) is -1.23. The van der Waals surface area contributed by atoms with Gasteiger partial charge in [-0.2, -0.15) is 0 Å². The highest BCUT2D eigenvalue weighted by molar-refractivity contribution is 5.50. The van der Waals surface area contributed by atoms with Gasteiger partial charge in [-0.05, 0) is 18.2 Å². The summed E-state index contributed by atoms with van der Waals surface area (Å²) in [5, 5.41) is 20.9. The van der Waals surface area contributed by atoms with Crippen molar-refractivity contribution >= 4 is 5.69 Å². The van der Waals surface area contributed by atoms with E-state index in [-0.39, 0.29) is 23.6 Å². The third kappa shape index (κ3) is 3.50. The van der Waals surface area contributed by atoms with Gasteiger partial charge in [0.15, 0.2) is 5.75 Å². The van der Waals surface area contributed by atoms with Crippen molar-refractivity contribution in [3.8, 4) is 11.5 Å². The summed E-state index contributed by atoms with van der Waals surface area (Å²) in [4.78, 5) is 10.4. The number of aliphatic hydroxyl groups is 1. The van der Waals surface area contributed by atoms with Gasteiger partial charge < -0.3 is 14.6 Å². The number of hydrogen-bond donors (Lipinski definition) is 1. The number of rotatable bonds is 6. The Morgan fingerprint density at radius 2 is 2.05 bits per heavy atom. The molecule has 2 aromatic carbocycles. The van der Waals surface area contributed by atoms with Crippen LogP contribution in [0.25, 0.3) is 0 Å². The lowest BCUT2D eigenvalue weighted by Crippen LogP contribution is -2.12. The molecule has 1 atom stereocenters. The summed E-state index contributed by atoms with van der Waals surface area (Å²) in [6.45, 7) is -0.311. The molecule has 0 aromatic heterocycles. The SMILES string of the molecule is COc1ccc(OCC(O)c2ccccc2F)c([N+](=O)[O-])c1. The number of halogens is 1. The molecule has 2 rings (SSSR count). The van der Waals surface area contributed by atoms with Crippen LogP contribution in [0.1, 0.15) is 11.7 Å². The Morgan fingerprint density at radius 3 is 2.68 bits per heavy atom. The van der Waals surface area contributed by atoms with Crippen LogP contribution in [0.2, 0.25) is 0 Å². The molecule has 2 aromatic rings. The standard InChI is InChI=1S/C15H14FNO5/c1-21-10-6-7-15(13(8-10)17(19)20)22-9-14(18)11-4-2-3-5-12(11)16/h2-8,14,18H,9H2,1H3. The van der Waals surface area contributed by atoms with E-state index in [1.54, 1.807) is 6.07 Å². The molecule has 0 aliphatic carbocycles. The number of hydrogen-bond acceptors (Lipinski definition) is 5. The van der Waals surface area contributed by atoms with Gasteiger partial charge in [0.25, 0.3) is 0 Å². The van der Waals surface area contributed by atoms with Crippen molar-refractivity contribution in [2.75, 3.05) is 13.7 Å². The van der Waals surface area contributed by atoms with E-state index in [4.69, 9.17) is 9.47 Å². The molecular formula is C15H14FNO5. The van der Waals surface area contributed by atoms with Gasteiger partial charge in [-0.15, -0.1) is 0 Å². The summed E-state index contributed by atoms with van der Waals surface area (Å²) in [5.41, 5.74) is -0.223. The van der Waals surface area contributed by atoms with Crippen LogP contribution < -0.4 is 9.47 Å². The van der Waals surface area contributed by atoms with E-state index in [2.05, 4.69) is 0 Å². The molecular weight excluding hydrogens is 293 g/mol. The van der Waals surface area contributed by atoms with Crippen LogP contribution in [0.4, 0.5) is 10.1 Å². The van der Waals surface area contributed by atoms with Crippen LogP contribution in [0, 0.1) is 15.9 Å². The Bertz CT molecular complexity index is 677. The predicted octanol–water partition coefficient (Wildman–Crippen LogP) is 2.85. The van der Waals surface area contributed by atoms with Crippen LogP contribution >= 0.6 is 0 Å². The number of aliphatic hydroxyl groups excluding tert-OH is 1. The van der Waals surface area contributed by atoms with Crippen LogP contribution in [0.15, 0.2) is 42.5 Å². The molecule has 0 bridgehead atoms. The first-order valence-electron chi connectivity index (χ1n) is 6.40. The normalized spacial score (nSPS) is 11.8. The minimum Gasteiger partial charge on any atom is -0.496 e. The first kappa shape index (κ1) is 15.7. The minimum absolute atomic E-state index is 0.0267. The fraction of sp³-hybridized carbons (Fsp3) is 0.200. The van der Waals surface area contributed by atoms with Crippen molar-refractivity contribution < 1.29 is 23.9 Å². The molecule has 0 aliphatic rings. The van der Waals surface area contributed by atoms with Crippen LogP contribution in [-0.2, 0) is 0 Å². The number of nitrogens with zero attached hydrogens (tertiary/aromatic N) is 1. The van der Waals surface area contributed by atoms with Crippen molar-refractivity contribution in [1.29, 1.82) is 0 Å². The number of methoxy groups -OCH3 is 1. The van der Waals surface area contributed by atoms with Gasteiger partial charge in [0, 0.05) is 5.56 Å². The highest BCUT2D eigenvalue weighted by atomic mass is 19.1. The summed E-state index contributed by atoms with van der Waals surface area (Å²) in [5.74, 6) is -0.280. The zero-order chi connectivity index (χ0) is 16.1. The molecule has 0 fully saturated rings. The smallest absolute Gasteiger partial charge is 0.314 e. The number of benzene rings is 2. The summed E-state index contributed by atoms with van der Waals surface area (Å²) in [6, 6.07) is 9.80. The highest BCUT2D eigenvalue weighted by Gasteiger charge is 2.19. The van der Waals surface area contributed by atoms with Crippen molar-refractivity contribution in [1.82, 2.24) is 0 Å². The molecule has 7 heteroatoms. The second-order valence-corrected chi connectivity index (χ2v) is 4.44. The van der Waals surface area contributed by atoms with E-state index >= 15 is 0 Å². The van der Waals surface area contributed by atoms with E-state index in [1.165, 1.54) is 43.5 Å². The molecule has 0 spiro atoms. The van der Waals surface area contributed by atoms with Crippen LogP contribution in [-0.4, -0.2) is 23.7 Å². The Hall–Kier alpha value is -2.67. The maximum Gasteiger partial charge on any atom is 0.314 e. The van der Waals surface area contributed by atoms with E-state index in [0.29, 0.717) is 5.75 Å². The van der Waals surface area contributed by atoms with E-state index < -0.39 is 16.8 Å². The quantitative estimate of drug-likeness (QED) is 0.655. The lowest BCUT2D eigenvalue weighted by atomic mass is 10.1. The molecule has 0 saturated carbocycles. The molecule has 1 unspecified atom stereocenters. The third-order valence-corrected chi connectivity index (χ3v) is 3.02. The number of nitro groups is 1. The summed E-state index contributed by atoms with van der Waals surface area (Å²) in [7, 11) is 1.39. The third-order valence-electron chi connectivity index (χ3n) is 3.02. The maximum absolute atomic E-state index is 13.5. The van der Waals surface area contributed by atoms with E-state index in [0.717, 1.165) is 0 Å². The Balaban J connectivity index is 2.14. The Morgan fingerprint density at radius 1 is 1.32 bits per heavy atom. The Kier molecular flexibility index (Phi) is 4.90. The lowest BCUT2D eigenvalue weighted by Gasteiger charge is -2.13.